The summed E-state index contributed by atoms with van der Waals surface area (Å²) < 4.78 is 0. The van der Waals surface area contributed by atoms with E-state index in [0.717, 1.165) is 25.2 Å². The van der Waals surface area contributed by atoms with Gasteiger partial charge in [0.1, 0.15) is 0 Å². The van der Waals surface area contributed by atoms with Crippen LogP contribution < -0.4 is 5.32 Å². The SMILES string of the molecule is Clc1ccc(C2=CCCNC2)nc1. The third-order valence-electron chi connectivity index (χ3n) is 2.08. The highest BCUT2D eigenvalue weighted by molar-refractivity contribution is 6.30. The molecule has 1 aromatic heterocycles. The fourth-order valence-electron chi connectivity index (χ4n) is 1.40. The van der Waals surface area contributed by atoms with Gasteiger partial charge in [-0.05, 0) is 30.7 Å². The van der Waals surface area contributed by atoms with Crippen LogP contribution in [-0.4, -0.2) is 18.1 Å². The molecule has 0 saturated carbocycles. The van der Waals surface area contributed by atoms with Gasteiger partial charge in [-0.2, -0.15) is 0 Å². The zero-order valence-electron chi connectivity index (χ0n) is 7.26. The van der Waals surface area contributed by atoms with Crippen molar-refractivity contribution < 1.29 is 0 Å². The molecule has 1 aliphatic rings. The van der Waals surface area contributed by atoms with Gasteiger partial charge in [0.2, 0.25) is 0 Å². The third kappa shape index (κ3) is 2.08. The molecular weight excluding hydrogens is 184 g/mol. The van der Waals surface area contributed by atoms with E-state index in [4.69, 9.17) is 11.6 Å². The molecule has 0 atom stereocenters. The van der Waals surface area contributed by atoms with Gasteiger partial charge in [0.25, 0.3) is 0 Å². The second kappa shape index (κ2) is 3.90. The van der Waals surface area contributed by atoms with Crippen molar-refractivity contribution in [3.05, 3.63) is 35.1 Å². The molecule has 1 aromatic rings. The average molecular weight is 195 g/mol. The second-order valence-corrected chi connectivity index (χ2v) is 3.49. The van der Waals surface area contributed by atoms with E-state index in [0.29, 0.717) is 5.02 Å². The maximum Gasteiger partial charge on any atom is 0.0672 e. The van der Waals surface area contributed by atoms with E-state index in [1.165, 1.54) is 5.57 Å². The summed E-state index contributed by atoms with van der Waals surface area (Å²) in [5.74, 6) is 0. The van der Waals surface area contributed by atoms with E-state index in [1.807, 2.05) is 12.1 Å². The van der Waals surface area contributed by atoms with E-state index in [-0.39, 0.29) is 0 Å². The van der Waals surface area contributed by atoms with Crippen molar-refractivity contribution in [3.8, 4) is 0 Å². The maximum atomic E-state index is 5.75. The van der Waals surface area contributed by atoms with E-state index in [9.17, 15) is 0 Å². The highest BCUT2D eigenvalue weighted by Crippen LogP contribution is 2.16. The summed E-state index contributed by atoms with van der Waals surface area (Å²) in [5.41, 5.74) is 2.29. The zero-order valence-corrected chi connectivity index (χ0v) is 8.01. The lowest BCUT2D eigenvalue weighted by atomic mass is 10.1. The van der Waals surface area contributed by atoms with Gasteiger partial charge in [-0.3, -0.25) is 4.98 Å². The summed E-state index contributed by atoms with van der Waals surface area (Å²) in [4.78, 5) is 4.26. The summed E-state index contributed by atoms with van der Waals surface area (Å²) in [5, 5.41) is 3.99. The van der Waals surface area contributed by atoms with Gasteiger partial charge in [0.15, 0.2) is 0 Å². The number of hydrogen-bond donors (Lipinski definition) is 1. The molecule has 2 rings (SSSR count). The van der Waals surface area contributed by atoms with Gasteiger partial charge < -0.3 is 5.32 Å². The Balaban J connectivity index is 2.24. The topological polar surface area (TPSA) is 24.9 Å². The van der Waals surface area contributed by atoms with Crippen LogP contribution in [-0.2, 0) is 0 Å². The summed E-state index contributed by atoms with van der Waals surface area (Å²) >= 11 is 5.75. The lowest BCUT2D eigenvalue weighted by Gasteiger charge is -2.13. The van der Waals surface area contributed by atoms with Gasteiger partial charge in [0.05, 0.1) is 10.7 Å². The van der Waals surface area contributed by atoms with Crippen LogP contribution in [0.5, 0.6) is 0 Å². The fourth-order valence-corrected chi connectivity index (χ4v) is 1.52. The molecule has 0 saturated heterocycles. The largest absolute Gasteiger partial charge is 0.312 e. The maximum absolute atomic E-state index is 5.75. The molecule has 13 heavy (non-hydrogen) atoms. The van der Waals surface area contributed by atoms with Gasteiger partial charge in [-0.1, -0.05) is 17.7 Å². The molecule has 0 aliphatic carbocycles. The Hall–Kier alpha value is -0.860. The lowest BCUT2D eigenvalue weighted by Crippen LogP contribution is -2.21. The number of pyridine rings is 1. The highest BCUT2D eigenvalue weighted by Gasteiger charge is 2.05. The van der Waals surface area contributed by atoms with Crippen molar-refractivity contribution in [1.29, 1.82) is 0 Å². The molecule has 0 fully saturated rings. The van der Waals surface area contributed by atoms with Crippen LogP contribution in [0.1, 0.15) is 12.1 Å². The molecule has 1 N–H and O–H groups in total. The second-order valence-electron chi connectivity index (χ2n) is 3.06. The van der Waals surface area contributed by atoms with Crippen molar-refractivity contribution in [3.63, 3.8) is 0 Å². The van der Waals surface area contributed by atoms with Crippen LogP contribution in [0.2, 0.25) is 5.02 Å². The van der Waals surface area contributed by atoms with Crippen molar-refractivity contribution in [2.45, 2.75) is 6.42 Å². The molecule has 2 heterocycles. The van der Waals surface area contributed by atoms with Crippen molar-refractivity contribution in [1.82, 2.24) is 10.3 Å². The van der Waals surface area contributed by atoms with Crippen LogP contribution >= 0.6 is 11.6 Å². The summed E-state index contributed by atoms with van der Waals surface area (Å²) in [7, 11) is 0. The van der Waals surface area contributed by atoms with Crippen molar-refractivity contribution in [2.75, 3.05) is 13.1 Å². The predicted molar refractivity (Wildman–Crippen MR) is 54.7 cm³/mol. The van der Waals surface area contributed by atoms with Crippen LogP contribution in [0.3, 0.4) is 0 Å². The van der Waals surface area contributed by atoms with Crippen LogP contribution in [0.15, 0.2) is 24.4 Å². The monoisotopic (exact) mass is 194 g/mol. The normalized spacial score (nSPS) is 16.8. The van der Waals surface area contributed by atoms with E-state index in [1.54, 1.807) is 6.20 Å². The molecule has 0 unspecified atom stereocenters. The Morgan fingerprint density at radius 2 is 2.31 bits per heavy atom. The quantitative estimate of drug-likeness (QED) is 0.741. The molecule has 2 nitrogen and oxygen atoms in total. The number of aromatic nitrogens is 1. The van der Waals surface area contributed by atoms with Gasteiger partial charge >= 0.3 is 0 Å². The molecule has 0 radical (unpaired) electrons. The minimum absolute atomic E-state index is 0.688. The minimum Gasteiger partial charge on any atom is -0.312 e. The molecular formula is C10H11ClN2. The first-order valence-electron chi connectivity index (χ1n) is 4.38. The smallest absolute Gasteiger partial charge is 0.0672 e. The van der Waals surface area contributed by atoms with Gasteiger partial charge in [0, 0.05) is 12.7 Å². The van der Waals surface area contributed by atoms with E-state index in [2.05, 4.69) is 16.4 Å². The number of hydrogen-bond acceptors (Lipinski definition) is 2. The summed E-state index contributed by atoms with van der Waals surface area (Å²) in [6, 6.07) is 3.83. The van der Waals surface area contributed by atoms with Crippen LogP contribution in [0.25, 0.3) is 5.57 Å². The molecule has 0 bridgehead atoms. The lowest BCUT2D eigenvalue weighted by molar-refractivity contribution is 0.737. The zero-order chi connectivity index (χ0) is 9.10. The van der Waals surface area contributed by atoms with Crippen molar-refractivity contribution >= 4 is 17.2 Å². The molecule has 0 aromatic carbocycles. The third-order valence-corrected chi connectivity index (χ3v) is 2.31. The summed E-state index contributed by atoms with van der Waals surface area (Å²) in [6.07, 6.45) is 5.00. The molecule has 0 amide bonds. The standard InChI is InChI=1S/C10H11ClN2/c11-9-3-4-10(13-7-9)8-2-1-5-12-6-8/h2-4,7,12H,1,5-6H2. The Bertz CT molecular complexity index is 316. The van der Waals surface area contributed by atoms with E-state index < -0.39 is 0 Å². The first kappa shape index (κ1) is 8.73. The van der Waals surface area contributed by atoms with Gasteiger partial charge in [-0.25, -0.2) is 0 Å². The van der Waals surface area contributed by atoms with Crippen LogP contribution in [0.4, 0.5) is 0 Å². The Kier molecular flexibility index (Phi) is 2.62. The molecule has 68 valence electrons. The Morgan fingerprint density at radius 1 is 1.38 bits per heavy atom. The fraction of sp³-hybridized carbons (Fsp3) is 0.300. The first-order valence-corrected chi connectivity index (χ1v) is 4.76. The molecule has 1 aliphatic heterocycles. The Morgan fingerprint density at radius 3 is 2.92 bits per heavy atom. The Labute approximate surface area is 82.6 Å². The molecule has 0 spiro atoms. The van der Waals surface area contributed by atoms with Crippen LogP contribution in [0, 0.1) is 0 Å². The molecule has 3 heteroatoms. The first-order chi connectivity index (χ1) is 6.36. The highest BCUT2D eigenvalue weighted by atomic mass is 35.5. The number of nitrogens with one attached hydrogen (secondary N) is 1. The van der Waals surface area contributed by atoms with E-state index >= 15 is 0 Å². The number of rotatable bonds is 1. The van der Waals surface area contributed by atoms with Crippen molar-refractivity contribution in [2.24, 2.45) is 0 Å². The average Bonchev–Trinajstić information content (AvgIpc) is 2.20. The predicted octanol–water partition coefficient (Wildman–Crippen LogP) is 2.11. The van der Waals surface area contributed by atoms with Gasteiger partial charge in [-0.15, -0.1) is 0 Å². The number of halogens is 1. The minimum atomic E-state index is 0.688. The number of nitrogens with zero attached hydrogens (tertiary/aromatic N) is 1. The summed E-state index contributed by atoms with van der Waals surface area (Å²) in [6.45, 7) is 1.98.